The number of nitrogens with one attached hydrogen (secondary N) is 1. The van der Waals surface area contributed by atoms with E-state index in [0.29, 0.717) is 19.0 Å². The molecule has 0 radical (unpaired) electrons. The molecule has 1 aromatic rings. The van der Waals surface area contributed by atoms with Crippen LogP contribution in [0.1, 0.15) is 13.8 Å². The normalized spacial score (nSPS) is 13.4. The van der Waals surface area contributed by atoms with E-state index in [9.17, 15) is 5.11 Å². The molecule has 1 atom stereocenters. The summed E-state index contributed by atoms with van der Waals surface area (Å²) in [4.78, 5) is 3.80. The molecule has 0 fully saturated rings. The standard InChI is InChI=1S/C9H18N4O/c1-8(2)3-10-4-9(14)5-13-7-11-6-12-13/h6-10,14H,3-5H2,1-2H3. The van der Waals surface area contributed by atoms with Gasteiger partial charge in [-0.1, -0.05) is 13.8 Å². The van der Waals surface area contributed by atoms with Crippen molar-refractivity contribution >= 4 is 0 Å². The Kier molecular flexibility index (Phi) is 4.55. The fraction of sp³-hybridized carbons (Fsp3) is 0.778. The number of aliphatic hydroxyl groups is 1. The Morgan fingerprint density at radius 2 is 2.21 bits per heavy atom. The Labute approximate surface area is 84.2 Å². The molecule has 5 nitrogen and oxygen atoms in total. The number of hydrogen-bond donors (Lipinski definition) is 2. The average molecular weight is 198 g/mol. The minimum atomic E-state index is -0.407. The Morgan fingerprint density at radius 3 is 2.79 bits per heavy atom. The zero-order valence-corrected chi connectivity index (χ0v) is 8.72. The molecule has 0 aliphatic carbocycles. The molecule has 0 amide bonds. The highest BCUT2D eigenvalue weighted by molar-refractivity contribution is 4.64. The lowest BCUT2D eigenvalue weighted by atomic mass is 10.2. The monoisotopic (exact) mass is 198 g/mol. The van der Waals surface area contributed by atoms with E-state index < -0.39 is 6.10 Å². The van der Waals surface area contributed by atoms with Crippen molar-refractivity contribution in [3.8, 4) is 0 Å². The summed E-state index contributed by atoms with van der Waals surface area (Å²) in [6.07, 6.45) is 2.66. The minimum Gasteiger partial charge on any atom is -0.390 e. The lowest BCUT2D eigenvalue weighted by Gasteiger charge is -2.12. The summed E-state index contributed by atoms with van der Waals surface area (Å²) in [7, 11) is 0. The van der Waals surface area contributed by atoms with Gasteiger partial charge in [-0.15, -0.1) is 0 Å². The van der Waals surface area contributed by atoms with Gasteiger partial charge in [0.15, 0.2) is 0 Å². The van der Waals surface area contributed by atoms with Crippen LogP contribution in [0, 0.1) is 5.92 Å². The van der Waals surface area contributed by atoms with Gasteiger partial charge in [0.1, 0.15) is 12.7 Å². The van der Waals surface area contributed by atoms with Crippen molar-refractivity contribution in [2.75, 3.05) is 13.1 Å². The van der Waals surface area contributed by atoms with Crippen LogP contribution >= 0.6 is 0 Å². The molecule has 0 saturated heterocycles. The molecule has 1 heterocycles. The third-order valence-corrected chi connectivity index (χ3v) is 1.80. The highest BCUT2D eigenvalue weighted by atomic mass is 16.3. The number of hydrogen-bond acceptors (Lipinski definition) is 4. The van der Waals surface area contributed by atoms with E-state index in [-0.39, 0.29) is 0 Å². The SMILES string of the molecule is CC(C)CNCC(O)Cn1cncn1. The molecule has 1 unspecified atom stereocenters. The van der Waals surface area contributed by atoms with Gasteiger partial charge >= 0.3 is 0 Å². The van der Waals surface area contributed by atoms with Crippen molar-refractivity contribution in [2.24, 2.45) is 5.92 Å². The lowest BCUT2D eigenvalue weighted by Crippen LogP contribution is -2.32. The molecule has 5 heteroatoms. The molecular weight excluding hydrogens is 180 g/mol. The van der Waals surface area contributed by atoms with E-state index in [1.165, 1.54) is 6.33 Å². The van der Waals surface area contributed by atoms with Gasteiger partial charge in [-0.2, -0.15) is 5.10 Å². The van der Waals surface area contributed by atoms with E-state index in [4.69, 9.17) is 0 Å². The van der Waals surface area contributed by atoms with Gasteiger partial charge in [-0.3, -0.25) is 4.68 Å². The molecular formula is C9H18N4O. The third kappa shape index (κ3) is 4.34. The van der Waals surface area contributed by atoms with Crippen LogP contribution < -0.4 is 5.32 Å². The maximum absolute atomic E-state index is 9.58. The van der Waals surface area contributed by atoms with Crippen LogP contribution in [0.3, 0.4) is 0 Å². The number of nitrogens with zero attached hydrogens (tertiary/aromatic N) is 3. The highest BCUT2D eigenvalue weighted by Crippen LogP contribution is 1.90. The van der Waals surface area contributed by atoms with Crippen molar-refractivity contribution in [1.82, 2.24) is 20.1 Å². The van der Waals surface area contributed by atoms with Crippen molar-refractivity contribution < 1.29 is 5.11 Å². The molecule has 0 aromatic carbocycles. The quantitative estimate of drug-likeness (QED) is 0.669. The van der Waals surface area contributed by atoms with Gasteiger partial charge in [0.05, 0.1) is 12.6 Å². The summed E-state index contributed by atoms with van der Waals surface area (Å²) < 4.78 is 1.63. The van der Waals surface area contributed by atoms with Crippen LogP contribution in [0.25, 0.3) is 0 Å². The Bertz CT molecular complexity index is 235. The van der Waals surface area contributed by atoms with Crippen molar-refractivity contribution in [2.45, 2.75) is 26.5 Å². The van der Waals surface area contributed by atoms with Crippen LogP contribution in [0.4, 0.5) is 0 Å². The van der Waals surface area contributed by atoms with E-state index in [1.54, 1.807) is 11.0 Å². The fourth-order valence-corrected chi connectivity index (χ4v) is 1.15. The Morgan fingerprint density at radius 1 is 1.43 bits per heavy atom. The molecule has 80 valence electrons. The van der Waals surface area contributed by atoms with Crippen molar-refractivity contribution in [3.05, 3.63) is 12.7 Å². The second-order valence-electron chi connectivity index (χ2n) is 3.82. The summed E-state index contributed by atoms with van der Waals surface area (Å²) in [6.45, 7) is 6.28. The molecule has 0 aliphatic rings. The van der Waals surface area contributed by atoms with Gasteiger partial charge in [0, 0.05) is 6.54 Å². The molecule has 14 heavy (non-hydrogen) atoms. The predicted octanol–water partition coefficient (Wildman–Crippen LogP) is -0.115. The average Bonchev–Trinajstić information content (AvgIpc) is 2.56. The van der Waals surface area contributed by atoms with Gasteiger partial charge in [0.25, 0.3) is 0 Å². The molecule has 0 spiro atoms. The van der Waals surface area contributed by atoms with E-state index in [0.717, 1.165) is 6.54 Å². The van der Waals surface area contributed by atoms with Crippen molar-refractivity contribution in [3.63, 3.8) is 0 Å². The smallest absolute Gasteiger partial charge is 0.137 e. The zero-order chi connectivity index (χ0) is 10.4. The lowest BCUT2D eigenvalue weighted by molar-refractivity contribution is 0.146. The first kappa shape index (κ1) is 11.1. The first-order valence-electron chi connectivity index (χ1n) is 4.89. The van der Waals surface area contributed by atoms with E-state index in [1.807, 2.05) is 0 Å². The van der Waals surface area contributed by atoms with Crippen LogP contribution in [0.2, 0.25) is 0 Å². The summed E-state index contributed by atoms with van der Waals surface area (Å²) in [6, 6.07) is 0. The third-order valence-electron chi connectivity index (χ3n) is 1.80. The van der Waals surface area contributed by atoms with Crippen LogP contribution in [-0.4, -0.2) is 39.1 Å². The fourth-order valence-electron chi connectivity index (χ4n) is 1.15. The summed E-state index contributed by atoms with van der Waals surface area (Å²) in [5, 5.41) is 16.7. The first-order valence-corrected chi connectivity index (χ1v) is 4.89. The van der Waals surface area contributed by atoms with Gasteiger partial charge in [-0.25, -0.2) is 4.98 Å². The van der Waals surface area contributed by atoms with E-state index >= 15 is 0 Å². The van der Waals surface area contributed by atoms with Crippen LogP contribution in [-0.2, 0) is 6.54 Å². The maximum atomic E-state index is 9.58. The summed E-state index contributed by atoms with van der Waals surface area (Å²) in [5.74, 6) is 0.605. The largest absolute Gasteiger partial charge is 0.390 e. The van der Waals surface area contributed by atoms with Gasteiger partial charge in [-0.05, 0) is 12.5 Å². The highest BCUT2D eigenvalue weighted by Gasteiger charge is 2.05. The molecule has 0 bridgehead atoms. The zero-order valence-electron chi connectivity index (χ0n) is 8.72. The molecule has 1 aromatic heterocycles. The minimum absolute atomic E-state index is 0.407. The predicted molar refractivity (Wildman–Crippen MR) is 53.7 cm³/mol. The molecule has 0 aliphatic heterocycles. The summed E-state index contributed by atoms with van der Waals surface area (Å²) in [5.41, 5.74) is 0. The second kappa shape index (κ2) is 5.72. The molecule has 1 rings (SSSR count). The maximum Gasteiger partial charge on any atom is 0.137 e. The van der Waals surface area contributed by atoms with Crippen molar-refractivity contribution in [1.29, 1.82) is 0 Å². The van der Waals surface area contributed by atoms with E-state index in [2.05, 4.69) is 29.2 Å². The number of aliphatic hydroxyl groups excluding tert-OH is 1. The first-order chi connectivity index (χ1) is 6.68. The second-order valence-corrected chi connectivity index (χ2v) is 3.82. The summed E-state index contributed by atoms with van der Waals surface area (Å²) >= 11 is 0. The van der Waals surface area contributed by atoms with Gasteiger partial charge in [0.2, 0.25) is 0 Å². The number of rotatable bonds is 6. The Balaban J connectivity index is 2.13. The molecule has 0 saturated carbocycles. The topological polar surface area (TPSA) is 63.0 Å². The molecule has 2 N–H and O–H groups in total. The van der Waals surface area contributed by atoms with Crippen LogP contribution in [0.5, 0.6) is 0 Å². The number of aromatic nitrogens is 3. The Hall–Kier alpha value is -0.940. The van der Waals surface area contributed by atoms with Gasteiger partial charge < -0.3 is 10.4 Å². The van der Waals surface area contributed by atoms with Crippen LogP contribution in [0.15, 0.2) is 12.7 Å².